The maximum absolute atomic E-state index is 13.5. The van der Waals surface area contributed by atoms with E-state index in [0.717, 1.165) is 12.1 Å². The smallest absolute Gasteiger partial charge is 0.310 e. The van der Waals surface area contributed by atoms with E-state index in [0.29, 0.717) is 18.1 Å². The summed E-state index contributed by atoms with van der Waals surface area (Å²) in [4.78, 5) is 23.8. The second-order valence-electron chi connectivity index (χ2n) is 5.72. The molecule has 150 valence electrons. The number of carbonyl (C=O) groups excluding carboxylic acids is 2. The van der Waals surface area contributed by atoms with Gasteiger partial charge in [-0.3, -0.25) is 9.59 Å². The van der Waals surface area contributed by atoms with Crippen molar-refractivity contribution in [3.8, 4) is 11.5 Å². The molecule has 1 amide bonds. The number of anilines is 1. The molecule has 0 spiro atoms. The van der Waals surface area contributed by atoms with Crippen LogP contribution in [0.25, 0.3) is 0 Å². The Morgan fingerprint density at radius 3 is 2.14 bits per heavy atom. The fourth-order valence-electron chi connectivity index (χ4n) is 2.20. The van der Waals surface area contributed by atoms with E-state index in [9.17, 15) is 18.4 Å². The van der Waals surface area contributed by atoms with Crippen molar-refractivity contribution in [1.29, 1.82) is 0 Å². The van der Waals surface area contributed by atoms with E-state index in [4.69, 9.17) is 14.2 Å². The molecule has 0 bridgehead atoms. The molecule has 0 radical (unpaired) electrons. The van der Waals surface area contributed by atoms with Crippen LogP contribution in [-0.4, -0.2) is 31.2 Å². The fourth-order valence-corrected chi connectivity index (χ4v) is 2.20. The summed E-state index contributed by atoms with van der Waals surface area (Å²) in [5.74, 6) is -2.10. The molecule has 0 saturated heterocycles. The van der Waals surface area contributed by atoms with Crippen molar-refractivity contribution in [2.24, 2.45) is 0 Å². The first-order chi connectivity index (χ1) is 13.4. The normalized spacial score (nSPS) is 11.4. The summed E-state index contributed by atoms with van der Waals surface area (Å²) in [5, 5.41) is 2.07. The highest BCUT2D eigenvalue weighted by atomic mass is 19.1. The molecule has 0 saturated carbocycles. The standard InChI is InChI=1S/C20H21F2NO5/c1-3-26-14-7-9-15(10-8-14)27-12-11-18(24)28-13(2)20(25)23-19-16(21)5-4-6-17(19)22/h4-10,13H,3,11-12H2,1-2H3,(H,23,25). The van der Waals surface area contributed by atoms with Crippen molar-refractivity contribution in [2.45, 2.75) is 26.4 Å². The van der Waals surface area contributed by atoms with Crippen molar-refractivity contribution >= 4 is 17.6 Å². The van der Waals surface area contributed by atoms with Crippen LogP contribution in [-0.2, 0) is 14.3 Å². The van der Waals surface area contributed by atoms with Gasteiger partial charge in [-0.05, 0) is 50.2 Å². The fraction of sp³-hybridized carbons (Fsp3) is 0.300. The second kappa shape index (κ2) is 10.2. The lowest BCUT2D eigenvalue weighted by Crippen LogP contribution is -2.31. The Morgan fingerprint density at radius 1 is 1.00 bits per heavy atom. The van der Waals surface area contributed by atoms with E-state index in [2.05, 4.69) is 5.32 Å². The van der Waals surface area contributed by atoms with E-state index in [1.54, 1.807) is 24.3 Å². The zero-order valence-electron chi connectivity index (χ0n) is 15.5. The van der Waals surface area contributed by atoms with E-state index >= 15 is 0 Å². The zero-order chi connectivity index (χ0) is 20.5. The van der Waals surface area contributed by atoms with Gasteiger partial charge in [0.15, 0.2) is 6.10 Å². The molecular formula is C20H21F2NO5. The van der Waals surface area contributed by atoms with Gasteiger partial charge in [-0.25, -0.2) is 8.78 Å². The maximum Gasteiger partial charge on any atom is 0.310 e. The van der Waals surface area contributed by atoms with Crippen LogP contribution in [0.1, 0.15) is 20.3 Å². The molecule has 0 aliphatic rings. The Balaban J connectivity index is 1.76. The first-order valence-electron chi connectivity index (χ1n) is 8.70. The Labute approximate surface area is 161 Å². The van der Waals surface area contributed by atoms with Crippen LogP contribution < -0.4 is 14.8 Å². The van der Waals surface area contributed by atoms with Crippen molar-refractivity contribution in [3.05, 3.63) is 54.1 Å². The zero-order valence-corrected chi connectivity index (χ0v) is 15.5. The van der Waals surface area contributed by atoms with Crippen LogP contribution in [0.5, 0.6) is 11.5 Å². The van der Waals surface area contributed by atoms with Gasteiger partial charge in [-0.15, -0.1) is 0 Å². The monoisotopic (exact) mass is 393 g/mol. The number of nitrogens with one attached hydrogen (secondary N) is 1. The largest absolute Gasteiger partial charge is 0.494 e. The Kier molecular flexibility index (Phi) is 7.74. The number of hydrogen-bond acceptors (Lipinski definition) is 5. The van der Waals surface area contributed by atoms with Crippen molar-refractivity contribution in [1.82, 2.24) is 0 Å². The minimum Gasteiger partial charge on any atom is -0.494 e. The summed E-state index contributed by atoms with van der Waals surface area (Å²) in [6.07, 6.45) is -1.32. The lowest BCUT2D eigenvalue weighted by molar-refractivity contribution is -0.153. The molecule has 1 N–H and O–H groups in total. The Hall–Kier alpha value is -3.16. The lowest BCUT2D eigenvalue weighted by atomic mass is 10.2. The highest BCUT2D eigenvalue weighted by Gasteiger charge is 2.20. The molecule has 2 aromatic rings. The van der Waals surface area contributed by atoms with Gasteiger partial charge in [0.1, 0.15) is 28.8 Å². The summed E-state index contributed by atoms with van der Waals surface area (Å²) in [7, 11) is 0. The number of hydrogen-bond donors (Lipinski definition) is 1. The van der Waals surface area contributed by atoms with Gasteiger partial charge in [0.05, 0.1) is 19.6 Å². The highest BCUT2D eigenvalue weighted by Crippen LogP contribution is 2.19. The molecule has 8 heteroatoms. The predicted octanol–water partition coefficient (Wildman–Crippen LogP) is 3.70. The third-order valence-corrected chi connectivity index (χ3v) is 3.60. The van der Waals surface area contributed by atoms with Crippen LogP contribution in [0.4, 0.5) is 14.5 Å². The van der Waals surface area contributed by atoms with Crippen molar-refractivity contribution in [3.63, 3.8) is 0 Å². The number of amides is 1. The molecule has 6 nitrogen and oxygen atoms in total. The minimum atomic E-state index is -1.23. The number of carbonyl (C=O) groups is 2. The van der Waals surface area contributed by atoms with Crippen molar-refractivity contribution in [2.75, 3.05) is 18.5 Å². The van der Waals surface area contributed by atoms with Gasteiger partial charge in [-0.1, -0.05) is 6.07 Å². The van der Waals surface area contributed by atoms with Crippen LogP contribution in [0.3, 0.4) is 0 Å². The van der Waals surface area contributed by atoms with Gasteiger partial charge in [0.25, 0.3) is 5.91 Å². The second-order valence-corrected chi connectivity index (χ2v) is 5.72. The van der Waals surface area contributed by atoms with Crippen LogP contribution in [0.2, 0.25) is 0 Å². The quantitative estimate of drug-likeness (QED) is 0.658. The molecule has 28 heavy (non-hydrogen) atoms. The number of halogens is 2. The molecule has 2 aromatic carbocycles. The average molecular weight is 393 g/mol. The molecule has 0 aliphatic heterocycles. The van der Waals surface area contributed by atoms with Gasteiger partial charge in [-0.2, -0.15) is 0 Å². The maximum atomic E-state index is 13.5. The number of esters is 1. The van der Waals surface area contributed by atoms with Gasteiger partial charge in [0, 0.05) is 0 Å². The van der Waals surface area contributed by atoms with E-state index < -0.39 is 35.3 Å². The number of ether oxygens (including phenoxy) is 3. The molecule has 0 heterocycles. The lowest BCUT2D eigenvalue weighted by Gasteiger charge is -2.14. The van der Waals surface area contributed by atoms with E-state index in [1.807, 2.05) is 6.92 Å². The average Bonchev–Trinajstić information content (AvgIpc) is 2.66. The molecular weight excluding hydrogens is 372 g/mol. The third-order valence-electron chi connectivity index (χ3n) is 3.60. The first kappa shape index (κ1) is 21.1. The number of rotatable bonds is 9. The molecule has 0 fully saturated rings. The topological polar surface area (TPSA) is 73.9 Å². The van der Waals surface area contributed by atoms with E-state index in [-0.39, 0.29) is 13.0 Å². The highest BCUT2D eigenvalue weighted by molar-refractivity contribution is 5.95. The SMILES string of the molecule is CCOc1ccc(OCCC(=O)OC(C)C(=O)Nc2c(F)cccc2F)cc1. The summed E-state index contributed by atoms with van der Waals surface area (Å²) in [6.45, 7) is 3.79. The molecule has 1 unspecified atom stereocenters. The van der Waals surface area contributed by atoms with Crippen LogP contribution in [0, 0.1) is 11.6 Å². The van der Waals surface area contributed by atoms with Gasteiger partial charge in [0.2, 0.25) is 0 Å². The molecule has 0 aromatic heterocycles. The van der Waals surface area contributed by atoms with Crippen molar-refractivity contribution < 1.29 is 32.6 Å². The number of para-hydroxylation sites is 1. The minimum absolute atomic E-state index is 0.0447. The first-order valence-corrected chi connectivity index (χ1v) is 8.70. The Bertz CT molecular complexity index is 790. The summed E-state index contributed by atoms with van der Waals surface area (Å²) in [5.41, 5.74) is -0.589. The van der Waals surface area contributed by atoms with Gasteiger partial charge >= 0.3 is 5.97 Å². The summed E-state index contributed by atoms with van der Waals surface area (Å²) >= 11 is 0. The van der Waals surface area contributed by atoms with E-state index in [1.165, 1.54) is 13.0 Å². The van der Waals surface area contributed by atoms with Crippen LogP contribution >= 0.6 is 0 Å². The number of benzene rings is 2. The third kappa shape index (κ3) is 6.22. The summed E-state index contributed by atoms with van der Waals surface area (Å²) in [6, 6.07) is 10.1. The molecule has 0 aliphatic carbocycles. The molecule has 1 atom stereocenters. The van der Waals surface area contributed by atoms with Gasteiger partial charge < -0.3 is 19.5 Å². The molecule has 2 rings (SSSR count). The van der Waals surface area contributed by atoms with Crippen LogP contribution in [0.15, 0.2) is 42.5 Å². The summed E-state index contributed by atoms with van der Waals surface area (Å²) < 4.78 is 42.8. The Morgan fingerprint density at radius 2 is 1.57 bits per heavy atom. The predicted molar refractivity (Wildman–Crippen MR) is 98.3 cm³/mol.